The van der Waals surface area contributed by atoms with Gasteiger partial charge < -0.3 is 68.9 Å². The number of amides is 2. The molecule has 0 aromatic rings. The lowest BCUT2D eigenvalue weighted by molar-refractivity contribution is -0.148. The molecule has 0 aliphatic carbocycles. The molecule has 378 valence electrons. The third-order valence-electron chi connectivity index (χ3n) is 11.7. The van der Waals surface area contributed by atoms with Gasteiger partial charge in [0.15, 0.2) is 6.10 Å². The Morgan fingerprint density at radius 1 is 0.429 bits per heavy atom. The maximum atomic E-state index is 12.3. The highest BCUT2D eigenvalue weighted by atomic mass is 16.4. The van der Waals surface area contributed by atoms with Gasteiger partial charge in [-0.2, -0.15) is 0 Å². The van der Waals surface area contributed by atoms with Gasteiger partial charge in [0.05, 0.1) is 6.61 Å². The number of hydrogen-bond acceptors (Lipinski definition) is 13. The molecule has 4 atom stereocenters. The Morgan fingerprint density at radius 2 is 0.794 bits per heavy atom. The summed E-state index contributed by atoms with van der Waals surface area (Å²) in [5.74, 6) is 0.0470. The Labute approximate surface area is 385 Å². The number of carbonyl (C=O) groups excluding carboxylic acids is 2. The SMILES string of the molecule is C.NCCCNCCCCNCC(CCCCCCNC(=O)CCCCCCCCCCCCCCCCCNC(=O)[C@@H](O)[C@H](O)[C@@H](O)[C@H](O)CO)CNCCCCNCCCN. The zero-order chi connectivity index (χ0) is 45.6. The molecule has 0 aromatic carbocycles. The van der Waals surface area contributed by atoms with Crippen LogP contribution in [0.4, 0.5) is 0 Å². The zero-order valence-corrected chi connectivity index (χ0v) is 39.4. The van der Waals surface area contributed by atoms with Crippen LogP contribution in [0.25, 0.3) is 0 Å². The average Bonchev–Trinajstić information content (AvgIpc) is 3.28. The van der Waals surface area contributed by atoms with Crippen molar-refractivity contribution in [3.8, 4) is 0 Å². The first-order valence-corrected chi connectivity index (χ1v) is 25.4. The summed E-state index contributed by atoms with van der Waals surface area (Å²) in [5.41, 5.74) is 11.1. The molecule has 0 spiro atoms. The van der Waals surface area contributed by atoms with Crippen LogP contribution in [-0.4, -0.2) is 147 Å². The van der Waals surface area contributed by atoms with Crippen LogP contribution >= 0.6 is 0 Å². The summed E-state index contributed by atoms with van der Waals surface area (Å²) in [6.45, 7) is 10.4. The Bertz CT molecular complexity index is 939. The van der Waals surface area contributed by atoms with E-state index in [1.54, 1.807) is 0 Å². The Hall–Kier alpha value is -1.50. The molecule has 0 rings (SSSR count). The minimum absolute atomic E-state index is 0. The second-order valence-electron chi connectivity index (χ2n) is 17.5. The van der Waals surface area contributed by atoms with E-state index in [4.69, 9.17) is 16.6 Å². The summed E-state index contributed by atoms with van der Waals surface area (Å²) in [4.78, 5) is 24.3. The minimum Gasteiger partial charge on any atom is -0.394 e. The summed E-state index contributed by atoms with van der Waals surface area (Å²) in [5, 5.41) is 67.5. The van der Waals surface area contributed by atoms with E-state index in [2.05, 4.69) is 31.9 Å². The highest BCUT2D eigenvalue weighted by Gasteiger charge is 2.33. The number of aliphatic hydroxyl groups excluding tert-OH is 5. The predicted octanol–water partition coefficient (Wildman–Crippen LogP) is 3.72. The summed E-state index contributed by atoms with van der Waals surface area (Å²) in [6, 6.07) is 0. The number of nitrogens with two attached hydrogens (primary N) is 2. The van der Waals surface area contributed by atoms with Crippen molar-refractivity contribution < 1.29 is 35.1 Å². The molecule has 0 aliphatic rings. The Balaban J connectivity index is 0. The fraction of sp³-hybridized carbons (Fsp3) is 0.958. The molecule has 0 saturated carbocycles. The number of rotatable bonds is 50. The van der Waals surface area contributed by atoms with Gasteiger partial charge >= 0.3 is 0 Å². The second-order valence-corrected chi connectivity index (χ2v) is 17.5. The van der Waals surface area contributed by atoms with Crippen molar-refractivity contribution in [3.05, 3.63) is 0 Å². The fourth-order valence-corrected chi connectivity index (χ4v) is 7.52. The van der Waals surface area contributed by atoms with E-state index >= 15 is 0 Å². The van der Waals surface area contributed by atoms with E-state index in [1.807, 2.05) is 0 Å². The van der Waals surface area contributed by atoms with Crippen molar-refractivity contribution in [2.45, 2.75) is 205 Å². The molecule has 0 unspecified atom stereocenters. The average molecular weight is 905 g/mol. The summed E-state index contributed by atoms with van der Waals surface area (Å²) in [7, 11) is 0. The van der Waals surface area contributed by atoms with Gasteiger partial charge in [-0.15, -0.1) is 0 Å². The minimum atomic E-state index is -1.88. The number of carbonyl (C=O) groups is 2. The van der Waals surface area contributed by atoms with Crippen LogP contribution in [-0.2, 0) is 9.59 Å². The van der Waals surface area contributed by atoms with Crippen LogP contribution in [0.2, 0.25) is 0 Å². The van der Waals surface area contributed by atoms with Gasteiger partial charge in [0, 0.05) is 19.5 Å². The maximum absolute atomic E-state index is 12.3. The Kier molecular flexibility index (Phi) is 50.4. The Morgan fingerprint density at radius 3 is 1.24 bits per heavy atom. The molecule has 0 aromatic heterocycles. The van der Waals surface area contributed by atoms with Gasteiger partial charge in [0.25, 0.3) is 5.91 Å². The highest BCUT2D eigenvalue weighted by Crippen LogP contribution is 2.15. The molecule has 2 amide bonds. The van der Waals surface area contributed by atoms with Crippen molar-refractivity contribution in [2.75, 3.05) is 85.1 Å². The quantitative estimate of drug-likeness (QED) is 0.0389. The van der Waals surface area contributed by atoms with Crippen molar-refractivity contribution in [2.24, 2.45) is 17.4 Å². The maximum Gasteiger partial charge on any atom is 0.251 e. The third-order valence-corrected chi connectivity index (χ3v) is 11.7. The zero-order valence-electron chi connectivity index (χ0n) is 39.4. The largest absolute Gasteiger partial charge is 0.394 e. The molecule has 0 saturated heterocycles. The van der Waals surface area contributed by atoms with Gasteiger partial charge in [-0.3, -0.25) is 9.59 Å². The topological polar surface area (TPSA) is 260 Å². The van der Waals surface area contributed by atoms with Crippen LogP contribution in [0.5, 0.6) is 0 Å². The van der Waals surface area contributed by atoms with Crippen molar-refractivity contribution in [1.82, 2.24) is 31.9 Å². The molecule has 0 radical (unpaired) electrons. The van der Waals surface area contributed by atoms with E-state index in [1.165, 1.54) is 109 Å². The number of nitrogens with one attached hydrogen (secondary N) is 6. The number of hydrogen-bond donors (Lipinski definition) is 13. The van der Waals surface area contributed by atoms with Gasteiger partial charge in [-0.25, -0.2) is 0 Å². The molecule has 15 heteroatoms. The van der Waals surface area contributed by atoms with E-state index in [-0.39, 0.29) is 13.3 Å². The van der Waals surface area contributed by atoms with Crippen molar-refractivity contribution in [3.63, 3.8) is 0 Å². The molecule has 0 aliphatic heterocycles. The van der Waals surface area contributed by atoms with Crippen LogP contribution in [0.3, 0.4) is 0 Å². The number of aliphatic hydroxyl groups is 5. The fourth-order valence-electron chi connectivity index (χ4n) is 7.52. The first-order chi connectivity index (χ1) is 30.3. The van der Waals surface area contributed by atoms with E-state index in [9.17, 15) is 30.0 Å². The van der Waals surface area contributed by atoms with Crippen LogP contribution in [0.1, 0.15) is 181 Å². The molecule has 0 heterocycles. The van der Waals surface area contributed by atoms with Gasteiger partial charge in [-0.1, -0.05) is 110 Å². The predicted molar refractivity (Wildman–Crippen MR) is 262 cm³/mol. The van der Waals surface area contributed by atoms with Gasteiger partial charge in [-0.05, 0) is 136 Å². The molecule has 15 nitrogen and oxygen atoms in total. The van der Waals surface area contributed by atoms with E-state index in [0.29, 0.717) is 18.9 Å². The van der Waals surface area contributed by atoms with Crippen molar-refractivity contribution >= 4 is 11.8 Å². The smallest absolute Gasteiger partial charge is 0.251 e. The third kappa shape index (κ3) is 42.9. The molecule has 63 heavy (non-hydrogen) atoms. The lowest BCUT2D eigenvalue weighted by Gasteiger charge is -2.24. The standard InChI is InChI=1S/C47H100N8O7.CH4/c48-28-24-34-50-30-20-22-32-52-38-41(39-53-33-23-21-31-51-35-25-29-49)26-16-13-15-18-36-54-43(58)27-17-12-10-8-6-4-2-1-3-5-7-9-11-14-19-37-55-47(62)46(61)45(60)44(59)42(57)40-56;/h41-42,44-46,50-53,56-57,59-61H,1-40,48-49H2,(H,54,58)(H,55,62);1H4/t42-,44+,45-,46+;/m1./s1. The van der Waals surface area contributed by atoms with Gasteiger partial charge in [0.1, 0.15) is 18.3 Å². The van der Waals surface area contributed by atoms with Crippen molar-refractivity contribution in [1.29, 1.82) is 0 Å². The van der Waals surface area contributed by atoms with E-state index < -0.39 is 36.9 Å². The highest BCUT2D eigenvalue weighted by molar-refractivity contribution is 5.81. The van der Waals surface area contributed by atoms with E-state index in [0.717, 1.165) is 130 Å². The second kappa shape index (κ2) is 49.9. The van der Waals surface area contributed by atoms with Crippen LogP contribution < -0.4 is 43.4 Å². The van der Waals surface area contributed by atoms with Crippen LogP contribution in [0.15, 0.2) is 0 Å². The number of unbranched alkanes of at least 4 members (excludes halogenated alkanes) is 19. The molecule has 15 N–H and O–H groups in total. The molecule has 0 bridgehead atoms. The molecular weight excluding hydrogens is 801 g/mol. The van der Waals surface area contributed by atoms with Crippen LogP contribution in [0, 0.1) is 5.92 Å². The summed E-state index contributed by atoms with van der Waals surface area (Å²) >= 11 is 0. The lowest BCUT2D eigenvalue weighted by atomic mass is 10.00. The lowest BCUT2D eigenvalue weighted by Crippen LogP contribution is -2.51. The molecule has 0 fully saturated rings. The molecular formula is C48H104N8O7. The van der Waals surface area contributed by atoms with Gasteiger partial charge in [0.2, 0.25) is 5.91 Å². The monoisotopic (exact) mass is 905 g/mol. The summed E-state index contributed by atoms with van der Waals surface area (Å²) in [6.07, 6.45) is 23.7. The first-order valence-electron chi connectivity index (χ1n) is 25.4. The first kappa shape index (κ1) is 63.6. The normalized spacial score (nSPS) is 13.5. The summed E-state index contributed by atoms with van der Waals surface area (Å²) < 4.78 is 0.